The Kier molecular flexibility index (Phi) is 6.66. The molecule has 1 aromatic rings. The highest BCUT2D eigenvalue weighted by Gasteiger charge is 2.52. The molecule has 2 aliphatic heterocycles. The van der Waals surface area contributed by atoms with E-state index in [4.69, 9.17) is 4.52 Å². The van der Waals surface area contributed by atoms with Crippen LogP contribution < -0.4 is 5.32 Å². The number of likely N-dealkylation sites (tertiary alicyclic amines) is 1. The van der Waals surface area contributed by atoms with Crippen molar-refractivity contribution in [3.63, 3.8) is 0 Å². The van der Waals surface area contributed by atoms with Crippen LogP contribution >= 0.6 is 0 Å². The highest BCUT2D eigenvalue weighted by molar-refractivity contribution is 5.75. The van der Waals surface area contributed by atoms with Crippen molar-refractivity contribution in [2.75, 3.05) is 39.3 Å². The summed E-state index contributed by atoms with van der Waals surface area (Å²) in [7, 11) is 0. The highest BCUT2D eigenvalue weighted by atomic mass is 19.3. The molecular formula is C26H39F3N6O2. The molecule has 1 N–H and O–H groups in total. The maximum Gasteiger partial charge on any atom is 0.317 e. The second kappa shape index (κ2) is 9.70. The fourth-order valence-corrected chi connectivity index (χ4v) is 7.22. The number of halogens is 3. The number of hydrogen-bond donors (Lipinski definition) is 1. The molecule has 2 saturated heterocycles. The SMILES string of the molecule is CC(C)N1CCN([C@H]2CCCC(F)(F)[C@@H]2NC(=O)N2C[C@H]3C[C@H](c4noc([C@@H]5C[C@@H]5F)n4)C[C@H]3C2)CC1. The number of aromatic nitrogens is 2. The first-order valence-electron chi connectivity index (χ1n) is 14.1. The molecule has 7 atom stereocenters. The lowest BCUT2D eigenvalue weighted by Gasteiger charge is -2.47. The molecule has 1 aromatic heterocycles. The van der Waals surface area contributed by atoms with Crippen LogP contribution in [0.3, 0.4) is 0 Å². The van der Waals surface area contributed by atoms with Gasteiger partial charge in [0.2, 0.25) is 5.89 Å². The van der Waals surface area contributed by atoms with Crippen molar-refractivity contribution in [2.45, 2.75) is 94.4 Å². The lowest BCUT2D eigenvalue weighted by Crippen LogP contribution is -2.65. The van der Waals surface area contributed by atoms with E-state index < -0.39 is 18.1 Å². The molecule has 3 saturated carbocycles. The van der Waals surface area contributed by atoms with Gasteiger partial charge in [-0.15, -0.1) is 0 Å². The van der Waals surface area contributed by atoms with Gasteiger partial charge in [0.25, 0.3) is 5.92 Å². The molecule has 206 valence electrons. The van der Waals surface area contributed by atoms with E-state index in [1.54, 1.807) is 4.90 Å². The zero-order valence-corrected chi connectivity index (χ0v) is 21.8. The molecular weight excluding hydrogens is 485 g/mol. The number of nitrogens with zero attached hydrogens (tertiary/aromatic N) is 5. The molecule has 0 spiro atoms. The first kappa shape index (κ1) is 25.4. The standard InChI is InChI=1S/C26H39F3N6O2/c1-15(2)33-6-8-34(9-7-33)21-4-3-5-26(28,29)22(21)30-25(36)35-13-17-10-16(11-18(17)14-35)23-31-24(37-32-23)19-12-20(19)27/h15-22H,3-14H2,1-2H3,(H,30,36)/t16-,17+,18-,19-,20+,21+,22-/m1/s1. The Balaban J connectivity index is 1.05. The summed E-state index contributed by atoms with van der Waals surface area (Å²) in [5.74, 6) is -1.40. The van der Waals surface area contributed by atoms with E-state index in [1.165, 1.54) is 0 Å². The number of alkyl halides is 3. The second-order valence-electron chi connectivity index (χ2n) is 12.3. The van der Waals surface area contributed by atoms with Crippen molar-refractivity contribution in [2.24, 2.45) is 11.8 Å². The van der Waals surface area contributed by atoms with Gasteiger partial charge in [-0.1, -0.05) is 5.16 Å². The highest BCUT2D eigenvalue weighted by Crippen LogP contribution is 2.47. The van der Waals surface area contributed by atoms with Gasteiger partial charge in [0, 0.05) is 63.7 Å². The van der Waals surface area contributed by atoms with Gasteiger partial charge in [-0.05, 0) is 57.8 Å². The van der Waals surface area contributed by atoms with Crippen molar-refractivity contribution in [1.82, 2.24) is 30.2 Å². The van der Waals surface area contributed by atoms with Crippen LogP contribution in [0, 0.1) is 11.8 Å². The number of hydrogen-bond acceptors (Lipinski definition) is 6. The summed E-state index contributed by atoms with van der Waals surface area (Å²) < 4.78 is 48.9. The van der Waals surface area contributed by atoms with Gasteiger partial charge in [-0.25, -0.2) is 18.0 Å². The van der Waals surface area contributed by atoms with Crippen molar-refractivity contribution in [3.05, 3.63) is 11.7 Å². The molecule has 0 unspecified atom stereocenters. The third-order valence-electron chi connectivity index (χ3n) is 9.57. The normalized spacial score (nSPS) is 38.2. The van der Waals surface area contributed by atoms with E-state index in [9.17, 15) is 9.18 Å². The van der Waals surface area contributed by atoms with Gasteiger partial charge in [0.05, 0.1) is 5.92 Å². The van der Waals surface area contributed by atoms with E-state index >= 15 is 8.78 Å². The van der Waals surface area contributed by atoms with Gasteiger partial charge < -0.3 is 14.7 Å². The van der Waals surface area contributed by atoms with E-state index in [1.807, 2.05) is 0 Å². The zero-order valence-electron chi connectivity index (χ0n) is 21.8. The summed E-state index contributed by atoms with van der Waals surface area (Å²) in [4.78, 5) is 24.0. The number of carbonyl (C=O) groups excluding carboxylic acids is 1. The van der Waals surface area contributed by atoms with Crippen molar-refractivity contribution in [1.29, 1.82) is 0 Å². The van der Waals surface area contributed by atoms with E-state index in [2.05, 4.69) is 39.1 Å². The minimum Gasteiger partial charge on any atom is -0.339 e. The van der Waals surface area contributed by atoms with Gasteiger partial charge >= 0.3 is 6.03 Å². The Morgan fingerprint density at radius 3 is 2.41 bits per heavy atom. The fraction of sp³-hybridized carbons (Fsp3) is 0.885. The molecule has 8 nitrogen and oxygen atoms in total. The molecule has 3 aliphatic carbocycles. The Bertz CT molecular complexity index is 969. The lowest BCUT2D eigenvalue weighted by atomic mass is 9.85. The van der Waals surface area contributed by atoms with Crippen LogP contribution in [-0.4, -0.2) is 100 Å². The Morgan fingerprint density at radius 2 is 1.78 bits per heavy atom. The van der Waals surface area contributed by atoms with Crippen LogP contribution in [0.25, 0.3) is 0 Å². The molecule has 2 amide bonds. The van der Waals surface area contributed by atoms with Gasteiger partial charge in [-0.3, -0.25) is 9.80 Å². The molecule has 0 radical (unpaired) electrons. The van der Waals surface area contributed by atoms with Crippen LogP contribution in [0.5, 0.6) is 0 Å². The second-order valence-corrected chi connectivity index (χ2v) is 12.3. The quantitative estimate of drug-likeness (QED) is 0.634. The van der Waals surface area contributed by atoms with Crippen molar-refractivity contribution >= 4 is 6.03 Å². The number of carbonyl (C=O) groups is 1. The smallest absolute Gasteiger partial charge is 0.317 e. The van der Waals surface area contributed by atoms with Crippen molar-refractivity contribution in [3.8, 4) is 0 Å². The van der Waals surface area contributed by atoms with Gasteiger partial charge in [0.1, 0.15) is 12.2 Å². The largest absolute Gasteiger partial charge is 0.339 e. The Labute approximate surface area is 216 Å². The third-order valence-corrected chi connectivity index (χ3v) is 9.57. The first-order chi connectivity index (χ1) is 17.7. The summed E-state index contributed by atoms with van der Waals surface area (Å²) in [6.45, 7) is 8.69. The predicted molar refractivity (Wildman–Crippen MR) is 130 cm³/mol. The Morgan fingerprint density at radius 1 is 1.11 bits per heavy atom. The topological polar surface area (TPSA) is 77.7 Å². The number of piperazine rings is 1. The van der Waals surface area contributed by atoms with Crippen LogP contribution in [0.1, 0.15) is 75.9 Å². The molecule has 5 aliphatic rings. The summed E-state index contributed by atoms with van der Waals surface area (Å²) in [6, 6.07) is -1.42. The summed E-state index contributed by atoms with van der Waals surface area (Å²) in [5.41, 5.74) is 0. The first-order valence-corrected chi connectivity index (χ1v) is 14.1. The summed E-state index contributed by atoms with van der Waals surface area (Å²) >= 11 is 0. The van der Waals surface area contributed by atoms with Gasteiger partial charge in [-0.2, -0.15) is 4.98 Å². The van der Waals surface area contributed by atoms with Crippen LogP contribution in [-0.2, 0) is 0 Å². The fourth-order valence-electron chi connectivity index (χ4n) is 7.22. The van der Waals surface area contributed by atoms with Crippen LogP contribution in [0.15, 0.2) is 4.52 Å². The summed E-state index contributed by atoms with van der Waals surface area (Å²) in [6.07, 6.45) is 2.24. The third kappa shape index (κ3) is 4.97. The zero-order chi connectivity index (χ0) is 25.9. The summed E-state index contributed by atoms with van der Waals surface area (Å²) in [5, 5.41) is 6.90. The van der Waals surface area contributed by atoms with Gasteiger partial charge in [0.15, 0.2) is 5.82 Å². The molecule has 0 aromatic carbocycles. The minimum absolute atomic E-state index is 0.145. The average Bonchev–Trinajstić information content (AvgIpc) is 3.23. The monoisotopic (exact) mass is 524 g/mol. The predicted octanol–water partition coefficient (Wildman–Crippen LogP) is 3.61. The number of nitrogens with one attached hydrogen (secondary N) is 1. The van der Waals surface area contributed by atoms with E-state index in [0.717, 1.165) is 39.0 Å². The van der Waals surface area contributed by atoms with E-state index in [-0.39, 0.29) is 30.3 Å². The molecule has 3 heterocycles. The van der Waals surface area contributed by atoms with Crippen molar-refractivity contribution < 1.29 is 22.5 Å². The van der Waals surface area contributed by atoms with Crippen LogP contribution in [0.4, 0.5) is 18.0 Å². The maximum atomic E-state index is 15.2. The Hall–Kier alpha value is -1.88. The molecule has 6 rings (SSSR count). The number of amides is 2. The molecule has 37 heavy (non-hydrogen) atoms. The maximum absolute atomic E-state index is 15.2. The minimum atomic E-state index is -2.91. The molecule has 0 bridgehead atoms. The lowest BCUT2D eigenvalue weighted by molar-refractivity contribution is -0.0971. The van der Waals surface area contributed by atoms with E-state index in [0.29, 0.717) is 61.9 Å². The number of rotatable bonds is 5. The average molecular weight is 525 g/mol. The molecule has 11 heteroatoms. The number of urea groups is 1. The molecule has 5 fully saturated rings. The van der Waals surface area contributed by atoms with Crippen LogP contribution in [0.2, 0.25) is 0 Å². The number of fused-ring (bicyclic) bond motifs is 1.